The second-order valence-electron chi connectivity index (χ2n) is 6.61. The fourth-order valence-corrected chi connectivity index (χ4v) is 6.16. The van der Waals surface area contributed by atoms with Gasteiger partial charge in [-0.05, 0) is 38.9 Å². The molecule has 2 aliphatic rings. The van der Waals surface area contributed by atoms with Gasteiger partial charge in [0, 0.05) is 12.1 Å². The molecule has 3 atom stereocenters. The van der Waals surface area contributed by atoms with E-state index in [1.165, 1.54) is 31.2 Å². The van der Waals surface area contributed by atoms with Gasteiger partial charge >= 0.3 is 0 Å². The molecular weight excluding hydrogens is 291 g/mol. The standard InChI is InChI=1S/C18H29N2OP/c1-4-10-18(15-11-6-5-7-12-15)21-22-19(2)16-13-8-9-14-17(16)20(22)3/h5-7,11-12,16-18H,4,8-10,13-14H2,1-3H3/t16-,17-,18-/m1/s1. The third kappa shape index (κ3) is 3.23. The van der Waals surface area contributed by atoms with Gasteiger partial charge in [0.1, 0.15) is 0 Å². The van der Waals surface area contributed by atoms with Gasteiger partial charge in [-0.3, -0.25) is 0 Å². The summed E-state index contributed by atoms with van der Waals surface area (Å²) in [6.45, 7) is 2.24. The second kappa shape index (κ2) is 7.40. The Morgan fingerprint density at radius 2 is 1.68 bits per heavy atom. The summed E-state index contributed by atoms with van der Waals surface area (Å²) in [7, 11) is 3.91. The van der Waals surface area contributed by atoms with E-state index in [1.54, 1.807) is 0 Å². The van der Waals surface area contributed by atoms with Crippen LogP contribution < -0.4 is 0 Å². The predicted molar refractivity (Wildman–Crippen MR) is 93.7 cm³/mol. The van der Waals surface area contributed by atoms with Crippen molar-refractivity contribution >= 4 is 8.45 Å². The summed E-state index contributed by atoms with van der Waals surface area (Å²) in [5, 5.41) is 0. The Labute approximate surface area is 136 Å². The lowest BCUT2D eigenvalue weighted by atomic mass is 9.91. The van der Waals surface area contributed by atoms with Crippen molar-refractivity contribution in [3.8, 4) is 0 Å². The molecule has 22 heavy (non-hydrogen) atoms. The monoisotopic (exact) mass is 320 g/mol. The Balaban J connectivity index is 1.74. The first-order valence-corrected chi connectivity index (χ1v) is 9.86. The SMILES string of the molecule is CCC[C@@H](OP1N(C)[C@@H]2CCCC[C@H]2N1C)c1ccccc1. The molecule has 1 aromatic rings. The molecule has 122 valence electrons. The zero-order valence-electron chi connectivity index (χ0n) is 14.1. The Hall–Kier alpha value is -0.470. The van der Waals surface area contributed by atoms with Crippen molar-refractivity contribution < 1.29 is 4.52 Å². The van der Waals surface area contributed by atoms with Gasteiger partial charge < -0.3 is 4.52 Å². The van der Waals surface area contributed by atoms with E-state index in [1.807, 2.05) is 0 Å². The largest absolute Gasteiger partial charge is 0.323 e. The van der Waals surface area contributed by atoms with Crippen LogP contribution in [0, 0.1) is 0 Å². The highest BCUT2D eigenvalue weighted by Crippen LogP contribution is 2.58. The summed E-state index contributed by atoms with van der Waals surface area (Å²) in [4.78, 5) is 0. The predicted octanol–water partition coefficient (Wildman–Crippen LogP) is 4.96. The van der Waals surface area contributed by atoms with Crippen molar-refractivity contribution in [1.82, 2.24) is 9.34 Å². The molecule has 0 bridgehead atoms. The molecule has 1 saturated heterocycles. The Kier molecular flexibility index (Phi) is 5.51. The number of nitrogens with zero attached hydrogens (tertiary/aromatic N) is 2. The van der Waals surface area contributed by atoms with Crippen molar-refractivity contribution in [3.63, 3.8) is 0 Å². The second-order valence-corrected chi connectivity index (χ2v) is 8.59. The van der Waals surface area contributed by atoms with Crippen LogP contribution in [0.2, 0.25) is 0 Å². The molecule has 0 radical (unpaired) electrons. The molecule has 1 aliphatic heterocycles. The number of hydrogen-bond donors (Lipinski definition) is 0. The van der Waals surface area contributed by atoms with Crippen LogP contribution in [0.1, 0.15) is 57.1 Å². The summed E-state index contributed by atoms with van der Waals surface area (Å²) in [5.41, 5.74) is 1.32. The van der Waals surface area contributed by atoms with Crippen LogP contribution in [0.15, 0.2) is 30.3 Å². The highest BCUT2D eigenvalue weighted by molar-refractivity contribution is 7.47. The lowest BCUT2D eigenvalue weighted by molar-refractivity contribution is 0.192. The highest BCUT2D eigenvalue weighted by atomic mass is 31.2. The molecule has 1 heterocycles. The lowest BCUT2D eigenvalue weighted by Crippen LogP contribution is -2.37. The average Bonchev–Trinajstić information content (AvgIpc) is 2.80. The molecule has 4 heteroatoms. The normalized spacial score (nSPS) is 28.7. The van der Waals surface area contributed by atoms with E-state index in [9.17, 15) is 0 Å². The van der Waals surface area contributed by atoms with E-state index in [2.05, 4.69) is 60.7 Å². The quantitative estimate of drug-likeness (QED) is 0.713. The highest BCUT2D eigenvalue weighted by Gasteiger charge is 2.46. The smallest absolute Gasteiger partial charge is 0.188 e. The van der Waals surface area contributed by atoms with Crippen LogP contribution in [0.5, 0.6) is 0 Å². The van der Waals surface area contributed by atoms with Crippen LogP contribution >= 0.6 is 8.45 Å². The average molecular weight is 320 g/mol. The van der Waals surface area contributed by atoms with Crippen LogP contribution in [0.4, 0.5) is 0 Å². The van der Waals surface area contributed by atoms with E-state index in [4.69, 9.17) is 4.52 Å². The van der Waals surface area contributed by atoms with Gasteiger partial charge in [0.05, 0.1) is 6.10 Å². The molecule has 0 amide bonds. The molecule has 1 saturated carbocycles. The first-order valence-electron chi connectivity index (χ1n) is 8.69. The van der Waals surface area contributed by atoms with Crippen molar-refractivity contribution in [2.45, 2.75) is 63.6 Å². The third-order valence-electron chi connectivity index (χ3n) is 5.14. The molecule has 0 spiro atoms. The van der Waals surface area contributed by atoms with Gasteiger partial charge in [0.2, 0.25) is 0 Å². The number of benzene rings is 1. The molecule has 2 fully saturated rings. The maximum absolute atomic E-state index is 6.67. The number of fused-ring (bicyclic) bond motifs is 1. The number of likely N-dealkylation sites (N-methyl/N-ethyl adjacent to an activating group) is 2. The molecule has 3 nitrogen and oxygen atoms in total. The molecule has 0 unspecified atom stereocenters. The lowest BCUT2D eigenvalue weighted by Gasteiger charge is -2.30. The van der Waals surface area contributed by atoms with Gasteiger partial charge in [0.25, 0.3) is 0 Å². The van der Waals surface area contributed by atoms with Crippen molar-refractivity contribution in [3.05, 3.63) is 35.9 Å². The van der Waals surface area contributed by atoms with E-state index in [0.29, 0.717) is 12.1 Å². The molecule has 0 N–H and O–H groups in total. The molecular formula is C18H29N2OP. The Morgan fingerprint density at radius 3 is 2.23 bits per heavy atom. The van der Waals surface area contributed by atoms with Gasteiger partial charge in [-0.25, -0.2) is 9.34 Å². The minimum atomic E-state index is -0.626. The summed E-state index contributed by atoms with van der Waals surface area (Å²) < 4.78 is 11.7. The van der Waals surface area contributed by atoms with E-state index in [0.717, 1.165) is 12.8 Å². The molecule has 0 aromatic heterocycles. The minimum absolute atomic E-state index is 0.224. The molecule has 1 aliphatic carbocycles. The maximum Gasteiger partial charge on any atom is 0.188 e. The topological polar surface area (TPSA) is 15.7 Å². The zero-order valence-corrected chi connectivity index (χ0v) is 15.0. The van der Waals surface area contributed by atoms with E-state index < -0.39 is 8.45 Å². The minimum Gasteiger partial charge on any atom is -0.323 e. The van der Waals surface area contributed by atoms with Crippen molar-refractivity contribution in [2.24, 2.45) is 0 Å². The van der Waals surface area contributed by atoms with Gasteiger partial charge in [-0.15, -0.1) is 0 Å². The van der Waals surface area contributed by atoms with Crippen LogP contribution in [0.3, 0.4) is 0 Å². The van der Waals surface area contributed by atoms with E-state index >= 15 is 0 Å². The Bertz CT molecular complexity index is 451. The number of hydrogen-bond acceptors (Lipinski definition) is 3. The summed E-state index contributed by atoms with van der Waals surface area (Å²) in [6.07, 6.45) is 7.89. The van der Waals surface area contributed by atoms with Gasteiger partial charge in [-0.1, -0.05) is 56.5 Å². The fourth-order valence-electron chi connectivity index (χ4n) is 3.91. The maximum atomic E-state index is 6.67. The van der Waals surface area contributed by atoms with Gasteiger partial charge in [-0.2, -0.15) is 0 Å². The van der Waals surface area contributed by atoms with Crippen LogP contribution in [-0.4, -0.2) is 35.5 Å². The first kappa shape index (κ1) is 16.4. The summed E-state index contributed by atoms with van der Waals surface area (Å²) in [6, 6.07) is 12.1. The molecule has 3 rings (SSSR count). The first-order chi connectivity index (χ1) is 10.7. The molecule has 1 aromatic carbocycles. The number of rotatable bonds is 5. The van der Waals surface area contributed by atoms with E-state index in [-0.39, 0.29) is 6.10 Å². The summed E-state index contributed by atoms with van der Waals surface area (Å²) >= 11 is 0. The van der Waals surface area contributed by atoms with Crippen LogP contribution in [-0.2, 0) is 4.52 Å². The van der Waals surface area contributed by atoms with Crippen molar-refractivity contribution in [2.75, 3.05) is 14.1 Å². The van der Waals surface area contributed by atoms with Gasteiger partial charge in [0.15, 0.2) is 8.45 Å². The third-order valence-corrected chi connectivity index (χ3v) is 7.25. The Morgan fingerprint density at radius 1 is 1.09 bits per heavy atom. The fraction of sp³-hybridized carbons (Fsp3) is 0.667. The summed E-state index contributed by atoms with van der Waals surface area (Å²) in [5.74, 6) is 0. The van der Waals surface area contributed by atoms with Crippen LogP contribution in [0.25, 0.3) is 0 Å². The van der Waals surface area contributed by atoms with Crippen molar-refractivity contribution in [1.29, 1.82) is 0 Å². The zero-order chi connectivity index (χ0) is 15.5.